The van der Waals surface area contributed by atoms with E-state index < -0.39 is 0 Å². The van der Waals surface area contributed by atoms with Crippen LogP contribution in [0.4, 0.5) is 16.2 Å². The zero-order valence-electron chi connectivity index (χ0n) is 14.6. The lowest BCUT2D eigenvalue weighted by atomic mass is 10.2. The summed E-state index contributed by atoms with van der Waals surface area (Å²) in [6.45, 7) is 0.487. The predicted octanol–water partition coefficient (Wildman–Crippen LogP) is 6.00. The maximum absolute atomic E-state index is 12.8. The molecule has 0 fully saturated rings. The maximum Gasteiger partial charge on any atom is 0.339 e. The molecular formula is C21H17ClN2O2S. The van der Waals surface area contributed by atoms with Gasteiger partial charge < -0.3 is 4.74 Å². The SMILES string of the molecule is CN1C(=O)N(c2ccc(Cl)cc2)Sc2ccc(OCc3ccccc3)cc21. The first-order valence-electron chi connectivity index (χ1n) is 8.44. The Labute approximate surface area is 167 Å². The van der Waals surface area contributed by atoms with Crippen LogP contribution in [0.25, 0.3) is 0 Å². The zero-order chi connectivity index (χ0) is 18.8. The molecule has 2 amide bonds. The molecule has 4 nitrogen and oxygen atoms in total. The van der Waals surface area contributed by atoms with Gasteiger partial charge in [-0.25, -0.2) is 9.10 Å². The highest BCUT2D eigenvalue weighted by Gasteiger charge is 2.30. The molecule has 0 unspecified atom stereocenters. The van der Waals surface area contributed by atoms with E-state index in [4.69, 9.17) is 16.3 Å². The Balaban J connectivity index is 1.55. The minimum absolute atomic E-state index is 0.116. The molecule has 0 saturated heterocycles. The number of benzene rings is 3. The molecule has 0 bridgehead atoms. The summed E-state index contributed by atoms with van der Waals surface area (Å²) in [6.07, 6.45) is 0. The van der Waals surface area contributed by atoms with Crippen LogP contribution in [0.1, 0.15) is 5.56 Å². The third-order valence-corrected chi connectivity index (χ3v) is 5.59. The van der Waals surface area contributed by atoms with Gasteiger partial charge in [0.2, 0.25) is 0 Å². The van der Waals surface area contributed by atoms with Gasteiger partial charge >= 0.3 is 6.03 Å². The number of fused-ring (bicyclic) bond motifs is 1. The summed E-state index contributed by atoms with van der Waals surface area (Å²) >= 11 is 7.35. The Morgan fingerprint density at radius 1 is 1.00 bits per heavy atom. The number of ether oxygens (including phenoxy) is 1. The van der Waals surface area contributed by atoms with Crippen molar-refractivity contribution < 1.29 is 9.53 Å². The van der Waals surface area contributed by atoms with Crippen LogP contribution in [0.15, 0.2) is 77.7 Å². The molecule has 6 heteroatoms. The number of carbonyl (C=O) groups excluding carboxylic acids is 1. The number of hydrogen-bond acceptors (Lipinski definition) is 3. The van der Waals surface area contributed by atoms with Crippen molar-refractivity contribution in [1.29, 1.82) is 0 Å². The van der Waals surface area contributed by atoms with Crippen molar-refractivity contribution in [2.75, 3.05) is 16.3 Å². The van der Waals surface area contributed by atoms with Crippen molar-refractivity contribution >= 4 is 41.0 Å². The Morgan fingerprint density at radius 3 is 2.48 bits per heavy atom. The summed E-state index contributed by atoms with van der Waals surface area (Å²) < 4.78 is 7.55. The number of nitrogens with zero attached hydrogens (tertiary/aromatic N) is 2. The monoisotopic (exact) mass is 396 g/mol. The van der Waals surface area contributed by atoms with Crippen molar-refractivity contribution in [3.8, 4) is 5.75 Å². The van der Waals surface area contributed by atoms with Gasteiger partial charge in [0.1, 0.15) is 12.4 Å². The van der Waals surface area contributed by atoms with Gasteiger partial charge in [0.05, 0.1) is 16.3 Å². The zero-order valence-corrected chi connectivity index (χ0v) is 16.2. The average Bonchev–Trinajstić information content (AvgIpc) is 2.71. The van der Waals surface area contributed by atoms with Crippen molar-refractivity contribution in [3.63, 3.8) is 0 Å². The molecule has 0 aromatic heterocycles. The van der Waals surface area contributed by atoms with E-state index >= 15 is 0 Å². The summed E-state index contributed by atoms with van der Waals surface area (Å²) in [7, 11) is 1.77. The third kappa shape index (κ3) is 3.75. The lowest BCUT2D eigenvalue weighted by Crippen LogP contribution is -2.40. The first-order chi connectivity index (χ1) is 13.1. The van der Waals surface area contributed by atoms with E-state index in [0.29, 0.717) is 11.6 Å². The van der Waals surface area contributed by atoms with E-state index in [-0.39, 0.29) is 6.03 Å². The van der Waals surface area contributed by atoms with Crippen LogP contribution in [0.5, 0.6) is 5.75 Å². The second-order valence-corrected chi connectivity index (χ2v) is 7.53. The van der Waals surface area contributed by atoms with Gasteiger partial charge in [-0.1, -0.05) is 41.9 Å². The quantitative estimate of drug-likeness (QED) is 0.507. The second-order valence-electron chi connectivity index (χ2n) is 6.11. The van der Waals surface area contributed by atoms with Crippen molar-refractivity contribution in [2.24, 2.45) is 0 Å². The van der Waals surface area contributed by atoms with Crippen LogP contribution in [-0.4, -0.2) is 13.1 Å². The summed E-state index contributed by atoms with van der Waals surface area (Å²) in [5.41, 5.74) is 2.72. The number of amides is 2. The summed E-state index contributed by atoms with van der Waals surface area (Å²) in [5, 5.41) is 0.641. The second kappa shape index (κ2) is 7.55. The van der Waals surface area contributed by atoms with Gasteiger partial charge in [-0.2, -0.15) is 0 Å². The first kappa shape index (κ1) is 17.8. The molecular weight excluding hydrogens is 380 g/mol. The molecule has 0 aliphatic carbocycles. The fourth-order valence-corrected chi connectivity index (χ4v) is 3.95. The summed E-state index contributed by atoms with van der Waals surface area (Å²) in [6, 6.07) is 22.9. The molecule has 4 rings (SSSR count). The standard InChI is InChI=1S/C21H17ClN2O2S/c1-23-19-13-18(26-14-15-5-3-2-4-6-15)11-12-20(19)27-24(21(23)25)17-9-7-16(22)8-10-17/h2-13H,14H2,1H3. The topological polar surface area (TPSA) is 32.8 Å². The Bertz CT molecular complexity index is 964. The summed E-state index contributed by atoms with van der Waals surface area (Å²) in [4.78, 5) is 15.4. The fourth-order valence-electron chi connectivity index (χ4n) is 2.78. The molecule has 1 heterocycles. The van der Waals surface area contributed by atoms with E-state index in [0.717, 1.165) is 27.6 Å². The normalized spacial score (nSPS) is 13.5. The maximum atomic E-state index is 12.8. The van der Waals surface area contributed by atoms with Crippen LogP contribution >= 0.6 is 23.5 Å². The van der Waals surface area contributed by atoms with Gasteiger partial charge in [-0.15, -0.1) is 0 Å². The predicted molar refractivity (Wildman–Crippen MR) is 111 cm³/mol. The molecule has 1 aliphatic heterocycles. The van der Waals surface area contributed by atoms with Crippen molar-refractivity contribution in [1.82, 2.24) is 0 Å². The largest absolute Gasteiger partial charge is 0.489 e. The highest BCUT2D eigenvalue weighted by molar-refractivity contribution is 8.01. The molecule has 0 saturated carbocycles. The van der Waals surface area contributed by atoms with Gasteiger partial charge in [0, 0.05) is 18.1 Å². The van der Waals surface area contributed by atoms with Crippen molar-refractivity contribution in [2.45, 2.75) is 11.5 Å². The molecule has 0 spiro atoms. The molecule has 3 aromatic carbocycles. The smallest absolute Gasteiger partial charge is 0.339 e. The van der Waals surface area contributed by atoms with Crippen LogP contribution in [-0.2, 0) is 6.61 Å². The Hall–Kier alpha value is -2.63. The van der Waals surface area contributed by atoms with Crippen LogP contribution in [0.3, 0.4) is 0 Å². The van der Waals surface area contributed by atoms with Gasteiger partial charge in [0.15, 0.2) is 0 Å². The third-order valence-electron chi connectivity index (χ3n) is 4.25. The van der Waals surface area contributed by atoms with Crippen LogP contribution in [0.2, 0.25) is 5.02 Å². The summed E-state index contributed by atoms with van der Waals surface area (Å²) in [5.74, 6) is 0.734. The van der Waals surface area contributed by atoms with E-state index in [1.165, 1.54) is 11.9 Å². The number of carbonyl (C=O) groups is 1. The van der Waals surface area contributed by atoms with E-state index in [2.05, 4.69) is 0 Å². The highest BCUT2D eigenvalue weighted by atomic mass is 35.5. The molecule has 0 radical (unpaired) electrons. The van der Waals surface area contributed by atoms with Crippen molar-refractivity contribution in [3.05, 3.63) is 83.4 Å². The molecule has 0 atom stereocenters. The Kier molecular flexibility index (Phi) is 4.97. The Morgan fingerprint density at radius 2 is 1.74 bits per heavy atom. The molecule has 1 aliphatic rings. The molecule has 0 N–H and O–H groups in total. The van der Waals surface area contributed by atoms with Crippen LogP contribution in [0, 0.1) is 0 Å². The lowest BCUT2D eigenvalue weighted by Gasteiger charge is -2.33. The van der Waals surface area contributed by atoms with E-state index in [9.17, 15) is 4.79 Å². The number of rotatable bonds is 4. The minimum atomic E-state index is -0.116. The number of halogens is 1. The average molecular weight is 397 g/mol. The molecule has 3 aromatic rings. The number of hydrogen-bond donors (Lipinski definition) is 0. The number of urea groups is 1. The first-order valence-corrected chi connectivity index (χ1v) is 9.59. The fraction of sp³-hybridized carbons (Fsp3) is 0.0952. The lowest BCUT2D eigenvalue weighted by molar-refractivity contribution is 0.255. The minimum Gasteiger partial charge on any atom is -0.489 e. The molecule has 136 valence electrons. The molecule has 27 heavy (non-hydrogen) atoms. The van der Waals surface area contributed by atoms with E-state index in [1.54, 1.807) is 28.4 Å². The highest BCUT2D eigenvalue weighted by Crippen LogP contribution is 2.42. The van der Waals surface area contributed by atoms with Gasteiger partial charge in [0.25, 0.3) is 0 Å². The van der Waals surface area contributed by atoms with Gasteiger partial charge in [-0.3, -0.25) is 4.90 Å². The van der Waals surface area contributed by atoms with Crippen LogP contribution < -0.4 is 13.9 Å². The number of anilines is 2. The van der Waals surface area contributed by atoms with E-state index in [1.807, 2.05) is 60.7 Å². The van der Waals surface area contributed by atoms with Gasteiger partial charge in [-0.05, 0) is 53.9 Å².